The van der Waals surface area contributed by atoms with E-state index in [2.05, 4.69) is 17.2 Å². The van der Waals surface area contributed by atoms with Crippen LogP contribution in [0.4, 0.5) is 0 Å². The fraction of sp³-hybridized carbons (Fsp3) is 0.615. The Morgan fingerprint density at radius 1 is 1.33 bits per heavy atom. The molecule has 2 nitrogen and oxygen atoms in total. The maximum absolute atomic E-state index is 11.4. The molecule has 82 valence electrons. The number of carbonyl (C=O) groups is 1. The Kier molecular flexibility index (Phi) is 8.30. The first-order chi connectivity index (χ1) is 7.24. The molecule has 0 heterocycles. The van der Waals surface area contributed by atoms with Crippen molar-refractivity contribution >= 4 is 5.91 Å². The number of carbonyl (C=O) groups excluding carboxylic acids is 1. The van der Waals surface area contributed by atoms with Gasteiger partial charge in [-0.2, -0.15) is 0 Å². The van der Waals surface area contributed by atoms with E-state index >= 15 is 0 Å². The molecule has 0 radical (unpaired) electrons. The number of unbranched alkanes of at least 4 members (excludes halogenated alkanes) is 2. The average molecular weight is 205 g/mol. The maximum Gasteiger partial charge on any atom is 0.220 e. The number of hydrogen-bond acceptors (Lipinski definition) is 1. The van der Waals surface area contributed by atoms with E-state index in [4.69, 9.17) is 12.8 Å². The molecule has 0 aliphatic carbocycles. The Labute approximate surface area is 92.8 Å². The molecule has 0 bridgehead atoms. The molecule has 0 aliphatic heterocycles. The number of rotatable bonds is 7. The monoisotopic (exact) mass is 205 g/mol. The van der Waals surface area contributed by atoms with Gasteiger partial charge >= 0.3 is 0 Å². The lowest BCUT2D eigenvalue weighted by molar-refractivity contribution is -0.121. The zero-order valence-corrected chi connectivity index (χ0v) is 9.38. The van der Waals surface area contributed by atoms with Gasteiger partial charge in [-0.1, -0.05) is 6.92 Å². The van der Waals surface area contributed by atoms with Crippen molar-refractivity contribution in [1.82, 2.24) is 5.32 Å². The smallest absolute Gasteiger partial charge is 0.220 e. The van der Waals surface area contributed by atoms with Gasteiger partial charge in [-0.25, -0.2) is 0 Å². The van der Waals surface area contributed by atoms with E-state index in [0.29, 0.717) is 12.8 Å². The van der Waals surface area contributed by atoms with Crippen molar-refractivity contribution in [2.45, 2.75) is 51.5 Å². The summed E-state index contributed by atoms with van der Waals surface area (Å²) in [7, 11) is 0. The molecule has 0 spiro atoms. The third kappa shape index (κ3) is 7.65. The summed E-state index contributed by atoms with van der Waals surface area (Å²) in [6.07, 6.45) is 14.8. The summed E-state index contributed by atoms with van der Waals surface area (Å²) >= 11 is 0. The number of hydrogen-bond donors (Lipinski definition) is 1. The highest BCUT2D eigenvalue weighted by molar-refractivity contribution is 5.76. The van der Waals surface area contributed by atoms with E-state index < -0.39 is 0 Å². The Hall–Kier alpha value is -1.41. The predicted molar refractivity (Wildman–Crippen MR) is 63.0 cm³/mol. The van der Waals surface area contributed by atoms with Crippen molar-refractivity contribution in [3.63, 3.8) is 0 Å². The summed E-state index contributed by atoms with van der Waals surface area (Å²) in [5, 5.41) is 2.91. The summed E-state index contributed by atoms with van der Waals surface area (Å²) in [5.74, 6) is 5.19. The third-order valence-electron chi connectivity index (χ3n) is 2.20. The molecular formula is C13H19NO. The van der Waals surface area contributed by atoms with E-state index in [1.165, 1.54) is 0 Å². The molecule has 1 amide bonds. The summed E-state index contributed by atoms with van der Waals surface area (Å²) in [6.45, 7) is 2.01. The standard InChI is InChI=1S/C13H19NO/c1-4-7-8-9-11-13(15)14-12(6-3)10-5-2/h1-2,12H,6-11H2,3H3,(H,14,15). The molecular weight excluding hydrogens is 186 g/mol. The summed E-state index contributed by atoms with van der Waals surface area (Å²) in [4.78, 5) is 11.4. The van der Waals surface area contributed by atoms with Crippen LogP contribution in [0, 0.1) is 24.7 Å². The average Bonchev–Trinajstić information content (AvgIpc) is 2.24. The predicted octanol–water partition coefficient (Wildman–Crippen LogP) is 2.10. The number of terminal acetylenes is 2. The molecule has 0 fully saturated rings. The molecule has 1 atom stereocenters. The van der Waals surface area contributed by atoms with Crippen LogP contribution in [-0.2, 0) is 4.79 Å². The van der Waals surface area contributed by atoms with Crippen LogP contribution in [0.25, 0.3) is 0 Å². The molecule has 0 rings (SSSR count). The minimum absolute atomic E-state index is 0.0779. The lowest BCUT2D eigenvalue weighted by Crippen LogP contribution is -2.33. The third-order valence-corrected chi connectivity index (χ3v) is 2.20. The summed E-state index contributed by atoms with van der Waals surface area (Å²) < 4.78 is 0. The van der Waals surface area contributed by atoms with E-state index in [0.717, 1.165) is 25.7 Å². The molecule has 2 heteroatoms. The van der Waals surface area contributed by atoms with E-state index in [1.807, 2.05) is 6.92 Å². The van der Waals surface area contributed by atoms with Crippen LogP contribution < -0.4 is 5.32 Å². The Morgan fingerprint density at radius 3 is 2.60 bits per heavy atom. The van der Waals surface area contributed by atoms with Crippen LogP contribution in [0.15, 0.2) is 0 Å². The lowest BCUT2D eigenvalue weighted by Gasteiger charge is -2.13. The molecule has 1 N–H and O–H groups in total. The van der Waals surface area contributed by atoms with Gasteiger partial charge in [0.15, 0.2) is 0 Å². The van der Waals surface area contributed by atoms with Gasteiger partial charge in [-0.15, -0.1) is 24.7 Å². The largest absolute Gasteiger partial charge is 0.352 e. The summed E-state index contributed by atoms with van der Waals surface area (Å²) in [5.41, 5.74) is 0. The highest BCUT2D eigenvalue weighted by Gasteiger charge is 2.08. The van der Waals surface area contributed by atoms with E-state index in [1.54, 1.807) is 0 Å². The molecule has 1 unspecified atom stereocenters. The first-order valence-corrected chi connectivity index (χ1v) is 5.40. The fourth-order valence-corrected chi connectivity index (χ4v) is 1.25. The zero-order chi connectivity index (χ0) is 11.5. The van der Waals surface area contributed by atoms with Crippen molar-refractivity contribution in [3.8, 4) is 24.7 Å². The van der Waals surface area contributed by atoms with Gasteiger partial charge < -0.3 is 5.32 Å². The molecule has 0 aromatic carbocycles. The van der Waals surface area contributed by atoms with Gasteiger partial charge in [0.1, 0.15) is 0 Å². The van der Waals surface area contributed by atoms with Gasteiger partial charge in [0.05, 0.1) is 0 Å². The van der Waals surface area contributed by atoms with Crippen molar-refractivity contribution in [2.75, 3.05) is 0 Å². The summed E-state index contributed by atoms with van der Waals surface area (Å²) in [6, 6.07) is 0.120. The van der Waals surface area contributed by atoms with Crippen LogP contribution in [0.1, 0.15) is 45.4 Å². The quantitative estimate of drug-likeness (QED) is 0.500. The van der Waals surface area contributed by atoms with Crippen molar-refractivity contribution < 1.29 is 4.79 Å². The number of nitrogens with one attached hydrogen (secondary N) is 1. The van der Waals surface area contributed by atoms with Gasteiger partial charge in [0.25, 0.3) is 0 Å². The zero-order valence-electron chi connectivity index (χ0n) is 9.38. The normalized spacial score (nSPS) is 11.1. The second kappa shape index (κ2) is 9.16. The van der Waals surface area contributed by atoms with Crippen LogP contribution in [0.3, 0.4) is 0 Å². The molecule has 0 aromatic rings. The van der Waals surface area contributed by atoms with Gasteiger partial charge in [-0.3, -0.25) is 4.79 Å². The molecule has 0 aliphatic rings. The Morgan fingerprint density at radius 2 is 2.07 bits per heavy atom. The topological polar surface area (TPSA) is 29.1 Å². The van der Waals surface area contributed by atoms with Crippen LogP contribution in [0.2, 0.25) is 0 Å². The van der Waals surface area contributed by atoms with E-state index in [9.17, 15) is 4.79 Å². The van der Waals surface area contributed by atoms with Crippen molar-refractivity contribution in [1.29, 1.82) is 0 Å². The molecule has 0 saturated carbocycles. The fourth-order valence-electron chi connectivity index (χ4n) is 1.25. The van der Waals surface area contributed by atoms with Crippen LogP contribution in [0.5, 0.6) is 0 Å². The SMILES string of the molecule is C#CCCCCC(=O)NC(CC)CC#C. The second-order valence-corrected chi connectivity index (χ2v) is 3.49. The lowest BCUT2D eigenvalue weighted by atomic mass is 10.1. The van der Waals surface area contributed by atoms with Gasteiger partial charge in [0.2, 0.25) is 5.91 Å². The number of amides is 1. The molecule has 15 heavy (non-hydrogen) atoms. The van der Waals surface area contributed by atoms with Crippen molar-refractivity contribution in [2.24, 2.45) is 0 Å². The van der Waals surface area contributed by atoms with Crippen LogP contribution in [-0.4, -0.2) is 11.9 Å². The van der Waals surface area contributed by atoms with E-state index in [-0.39, 0.29) is 11.9 Å². The minimum atomic E-state index is 0.0779. The minimum Gasteiger partial charge on any atom is -0.352 e. The highest BCUT2D eigenvalue weighted by atomic mass is 16.1. The maximum atomic E-state index is 11.4. The first-order valence-electron chi connectivity index (χ1n) is 5.40. The Bertz CT molecular complexity index is 257. The highest BCUT2D eigenvalue weighted by Crippen LogP contribution is 2.01. The molecule has 0 saturated heterocycles. The molecule has 0 aromatic heterocycles. The Balaban J connectivity index is 3.63. The first kappa shape index (κ1) is 13.6. The van der Waals surface area contributed by atoms with Gasteiger partial charge in [0, 0.05) is 25.3 Å². The van der Waals surface area contributed by atoms with Crippen LogP contribution >= 0.6 is 0 Å². The van der Waals surface area contributed by atoms with Crippen molar-refractivity contribution in [3.05, 3.63) is 0 Å². The van der Waals surface area contributed by atoms with Gasteiger partial charge in [-0.05, 0) is 19.3 Å². The second-order valence-electron chi connectivity index (χ2n) is 3.49.